The minimum Gasteiger partial charge on any atom is -0.306 e. The summed E-state index contributed by atoms with van der Waals surface area (Å²) < 4.78 is 50.9. The van der Waals surface area contributed by atoms with E-state index in [4.69, 9.17) is 0 Å². The SMILES string of the molecule is C[C@@H](NCc1ccc(C(F)(F)F)cc1)c1ccccc1F. The quantitative estimate of drug-likeness (QED) is 0.807. The zero-order valence-corrected chi connectivity index (χ0v) is 11.4. The van der Waals surface area contributed by atoms with Crippen molar-refractivity contribution in [3.63, 3.8) is 0 Å². The van der Waals surface area contributed by atoms with Crippen LogP contribution in [0.15, 0.2) is 48.5 Å². The van der Waals surface area contributed by atoms with E-state index in [9.17, 15) is 17.6 Å². The van der Waals surface area contributed by atoms with E-state index >= 15 is 0 Å². The van der Waals surface area contributed by atoms with Gasteiger partial charge in [0.25, 0.3) is 0 Å². The zero-order valence-electron chi connectivity index (χ0n) is 11.4. The Bertz CT molecular complexity index is 590. The molecule has 0 saturated carbocycles. The zero-order chi connectivity index (χ0) is 15.5. The molecule has 0 unspecified atom stereocenters. The number of hydrogen-bond donors (Lipinski definition) is 1. The van der Waals surface area contributed by atoms with Gasteiger partial charge < -0.3 is 5.32 Å². The van der Waals surface area contributed by atoms with E-state index in [1.54, 1.807) is 18.2 Å². The molecule has 2 aromatic rings. The second kappa shape index (κ2) is 6.26. The monoisotopic (exact) mass is 297 g/mol. The van der Waals surface area contributed by atoms with E-state index in [0.717, 1.165) is 12.1 Å². The van der Waals surface area contributed by atoms with E-state index in [2.05, 4.69) is 5.32 Å². The van der Waals surface area contributed by atoms with Gasteiger partial charge in [-0.2, -0.15) is 13.2 Å². The van der Waals surface area contributed by atoms with Crippen molar-refractivity contribution in [1.29, 1.82) is 0 Å². The van der Waals surface area contributed by atoms with Crippen LogP contribution in [-0.2, 0) is 12.7 Å². The number of nitrogens with one attached hydrogen (secondary N) is 1. The summed E-state index contributed by atoms with van der Waals surface area (Å²) in [4.78, 5) is 0. The molecule has 0 amide bonds. The number of benzene rings is 2. The van der Waals surface area contributed by atoms with Gasteiger partial charge >= 0.3 is 6.18 Å². The predicted molar refractivity (Wildman–Crippen MR) is 73.1 cm³/mol. The maximum absolute atomic E-state index is 13.6. The molecule has 2 aromatic carbocycles. The number of rotatable bonds is 4. The van der Waals surface area contributed by atoms with Gasteiger partial charge in [-0.3, -0.25) is 0 Å². The van der Waals surface area contributed by atoms with Crippen molar-refractivity contribution < 1.29 is 17.6 Å². The topological polar surface area (TPSA) is 12.0 Å². The van der Waals surface area contributed by atoms with Crippen LogP contribution in [0.3, 0.4) is 0 Å². The van der Waals surface area contributed by atoms with Crippen molar-refractivity contribution >= 4 is 0 Å². The van der Waals surface area contributed by atoms with E-state index in [-0.39, 0.29) is 11.9 Å². The van der Waals surface area contributed by atoms with Crippen molar-refractivity contribution in [2.45, 2.75) is 25.7 Å². The molecule has 0 heterocycles. The van der Waals surface area contributed by atoms with Crippen LogP contribution in [0, 0.1) is 5.82 Å². The summed E-state index contributed by atoms with van der Waals surface area (Å²) in [5.74, 6) is -0.301. The van der Waals surface area contributed by atoms with Gasteiger partial charge in [0.2, 0.25) is 0 Å². The summed E-state index contributed by atoms with van der Waals surface area (Å²) in [5, 5.41) is 3.09. The van der Waals surface area contributed by atoms with Gasteiger partial charge in [-0.05, 0) is 30.7 Å². The summed E-state index contributed by atoms with van der Waals surface area (Å²) in [6.45, 7) is 2.18. The van der Waals surface area contributed by atoms with E-state index < -0.39 is 11.7 Å². The second-order valence-electron chi connectivity index (χ2n) is 4.82. The lowest BCUT2D eigenvalue weighted by Crippen LogP contribution is -2.19. The summed E-state index contributed by atoms with van der Waals surface area (Å²) in [5.41, 5.74) is 0.573. The van der Waals surface area contributed by atoms with Crippen molar-refractivity contribution in [1.82, 2.24) is 5.32 Å². The lowest BCUT2D eigenvalue weighted by atomic mass is 10.1. The Morgan fingerprint density at radius 3 is 2.19 bits per heavy atom. The number of halogens is 4. The van der Waals surface area contributed by atoms with Crippen LogP contribution >= 0.6 is 0 Å². The van der Waals surface area contributed by atoms with Crippen molar-refractivity contribution in [2.75, 3.05) is 0 Å². The maximum Gasteiger partial charge on any atom is 0.416 e. The molecule has 5 heteroatoms. The van der Waals surface area contributed by atoms with E-state index in [1.165, 1.54) is 18.2 Å². The van der Waals surface area contributed by atoms with Gasteiger partial charge in [-0.1, -0.05) is 30.3 Å². The van der Waals surface area contributed by atoms with Crippen LogP contribution in [0.25, 0.3) is 0 Å². The van der Waals surface area contributed by atoms with Crippen LogP contribution in [0.5, 0.6) is 0 Å². The molecule has 0 radical (unpaired) electrons. The Balaban J connectivity index is 1.99. The second-order valence-corrected chi connectivity index (χ2v) is 4.82. The maximum atomic E-state index is 13.6. The van der Waals surface area contributed by atoms with Gasteiger partial charge in [0, 0.05) is 18.2 Å². The molecule has 0 aromatic heterocycles. The first kappa shape index (κ1) is 15.5. The lowest BCUT2D eigenvalue weighted by molar-refractivity contribution is -0.137. The standard InChI is InChI=1S/C16H15F4N/c1-11(14-4-2-3-5-15(14)17)21-10-12-6-8-13(9-7-12)16(18,19)20/h2-9,11,21H,10H2,1H3/t11-/m1/s1. The van der Waals surface area contributed by atoms with Gasteiger partial charge in [0.15, 0.2) is 0 Å². The molecule has 0 aliphatic rings. The first-order valence-electron chi connectivity index (χ1n) is 6.52. The molecule has 0 aliphatic heterocycles. The molecule has 0 bridgehead atoms. The molecule has 2 rings (SSSR count). The molecule has 0 saturated heterocycles. The molecule has 1 atom stereocenters. The molecular weight excluding hydrogens is 282 g/mol. The molecule has 0 spiro atoms. The molecule has 0 fully saturated rings. The Morgan fingerprint density at radius 1 is 1.00 bits per heavy atom. The van der Waals surface area contributed by atoms with Crippen molar-refractivity contribution in [2.24, 2.45) is 0 Å². The summed E-state index contributed by atoms with van der Waals surface area (Å²) in [6.07, 6.45) is -4.33. The Kier molecular flexibility index (Phi) is 4.63. The van der Waals surface area contributed by atoms with Gasteiger partial charge in [-0.25, -0.2) is 4.39 Å². The fraction of sp³-hybridized carbons (Fsp3) is 0.250. The normalized spacial score (nSPS) is 13.2. The van der Waals surface area contributed by atoms with Gasteiger partial charge in [0.1, 0.15) is 5.82 Å². The first-order chi connectivity index (χ1) is 9.88. The number of alkyl halides is 3. The first-order valence-corrected chi connectivity index (χ1v) is 6.52. The lowest BCUT2D eigenvalue weighted by Gasteiger charge is -2.15. The van der Waals surface area contributed by atoms with Crippen LogP contribution in [0.4, 0.5) is 17.6 Å². The summed E-state index contributed by atoms with van der Waals surface area (Å²) in [7, 11) is 0. The molecular formula is C16H15F4N. The highest BCUT2D eigenvalue weighted by atomic mass is 19.4. The van der Waals surface area contributed by atoms with Gasteiger partial charge in [-0.15, -0.1) is 0 Å². The Hall–Kier alpha value is -1.88. The molecule has 1 N–H and O–H groups in total. The summed E-state index contributed by atoms with van der Waals surface area (Å²) >= 11 is 0. The fourth-order valence-corrected chi connectivity index (χ4v) is 2.02. The minimum atomic E-state index is -4.33. The highest BCUT2D eigenvalue weighted by Crippen LogP contribution is 2.29. The van der Waals surface area contributed by atoms with Crippen LogP contribution in [-0.4, -0.2) is 0 Å². The molecule has 21 heavy (non-hydrogen) atoms. The predicted octanol–water partition coefficient (Wildman–Crippen LogP) is 4.70. The largest absolute Gasteiger partial charge is 0.416 e. The molecule has 1 nitrogen and oxygen atoms in total. The van der Waals surface area contributed by atoms with Crippen LogP contribution in [0.2, 0.25) is 0 Å². The smallest absolute Gasteiger partial charge is 0.306 e. The third kappa shape index (κ3) is 4.04. The van der Waals surface area contributed by atoms with E-state index in [1.807, 2.05) is 6.92 Å². The highest BCUT2D eigenvalue weighted by Gasteiger charge is 2.29. The minimum absolute atomic E-state index is 0.228. The van der Waals surface area contributed by atoms with Gasteiger partial charge in [0.05, 0.1) is 5.56 Å². The number of hydrogen-bond acceptors (Lipinski definition) is 1. The Labute approximate surface area is 120 Å². The van der Waals surface area contributed by atoms with Crippen molar-refractivity contribution in [3.8, 4) is 0 Å². The highest BCUT2D eigenvalue weighted by molar-refractivity contribution is 5.25. The van der Waals surface area contributed by atoms with E-state index in [0.29, 0.717) is 17.7 Å². The average Bonchev–Trinajstić information content (AvgIpc) is 2.45. The third-order valence-electron chi connectivity index (χ3n) is 3.27. The average molecular weight is 297 g/mol. The fourth-order valence-electron chi connectivity index (χ4n) is 2.02. The Morgan fingerprint density at radius 2 is 1.62 bits per heavy atom. The summed E-state index contributed by atoms with van der Waals surface area (Å²) in [6, 6.07) is 11.1. The third-order valence-corrected chi connectivity index (χ3v) is 3.27. The molecule has 112 valence electrons. The van der Waals surface area contributed by atoms with Crippen LogP contribution < -0.4 is 5.32 Å². The molecule has 0 aliphatic carbocycles. The van der Waals surface area contributed by atoms with Crippen LogP contribution in [0.1, 0.15) is 29.7 Å². The van der Waals surface area contributed by atoms with Crippen molar-refractivity contribution in [3.05, 3.63) is 71.0 Å².